The molecular weight excluding hydrogens is 336 g/mol. The van der Waals surface area contributed by atoms with E-state index in [0.29, 0.717) is 17.5 Å². The maximum absolute atomic E-state index is 12.1. The molecule has 0 atom stereocenters. The van der Waals surface area contributed by atoms with Crippen LogP contribution in [0.15, 0.2) is 47.9 Å². The first kappa shape index (κ1) is 17.8. The predicted octanol–water partition coefficient (Wildman–Crippen LogP) is 1.72. The van der Waals surface area contributed by atoms with Crippen LogP contribution in [-0.2, 0) is 22.6 Å². The van der Waals surface area contributed by atoms with E-state index in [1.165, 1.54) is 17.3 Å². The SMILES string of the molecule is O=C(CSc1ncccn1)NCc1ccccc1CN1CCOCC1. The number of morpholine rings is 1. The smallest absolute Gasteiger partial charge is 0.230 e. The van der Waals surface area contributed by atoms with Gasteiger partial charge in [-0.05, 0) is 17.2 Å². The van der Waals surface area contributed by atoms with Crippen molar-refractivity contribution >= 4 is 17.7 Å². The number of amides is 1. The first-order chi connectivity index (χ1) is 12.3. The quantitative estimate of drug-likeness (QED) is 0.600. The fourth-order valence-corrected chi connectivity index (χ4v) is 3.25. The first-order valence-electron chi connectivity index (χ1n) is 8.34. The molecule has 1 N–H and O–H groups in total. The Morgan fingerprint density at radius 2 is 1.84 bits per heavy atom. The van der Waals surface area contributed by atoms with Crippen LogP contribution in [0.5, 0.6) is 0 Å². The van der Waals surface area contributed by atoms with Gasteiger partial charge in [0.1, 0.15) is 0 Å². The Balaban J connectivity index is 1.49. The molecule has 25 heavy (non-hydrogen) atoms. The van der Waals surface area contributed by atoms with Crippen molar-refractivity contribution in [1.29, 1.82) is 0 Å². The van der Waals surface area contributed by atoms with Gasteiger partial charge in [-0.1, -0.05) is 36.0 Å². The van der Waals surface area contributed by atoms with Gasteiger partial charge in [0.05, 0.1) is 19.0 Å². The highest BCUT2D eigenvalue weighted by Gasteiger charge is 2.13. The summed E-state index contributed by atoms with van der Waals surface area (Å²) in [4.78, 5) is 22.7. The Labute approximate surface area is 152 Å². The van der Waals surface area contributed by atoms with Gasteiger partial charge in [0, 0.05) is 38.6 Å². The minimum atomic E-state index is -0.0152. The van der Waals surface area contributed by atoms with Crippen LogP contribution in [0.1, 0.15) is 11.1 Å². The van der Waals surface area contributed by atoms with Gasteiger partial charge < -0.3 is 10.1 Å². The Kier molecular flexibility index (Phi) is 6.79. The maximum atomic E-state index is 12.1. The number of hydrogen-bond donors (Lipinski definition) is 1. The van der Waals surface area contributed by atoms with Gasteiger partial charge in [-0.25, -0.2) is 9.97 Å². The molecule has 1 aromatic carbocycles. The van der Waals surface area contributed by atoms with Gasteiger partial charge in [0.25, 0.3) is 0 Å². The summed E-state index contributed by atoms with van der Waals surface area (Å²) in [6, 6.07) is 10.0. The van der Waals surface area contributed by atoms with Crippen LogP contribution in [0.3, 0.4) is 0 Å². The van der Waals surface area contributed by atoms with Gasteiger partial charge in [-0.2, -0.15) is 0 Å². The summed E-state index contributed by atoms with van der Waals surface area (Å²) in [5, 5.41) is 3.60. The average Bonchev–Trinajstić information content (AvgIpc) is 2.67. The lowest BCUT2D eigenvalue weighted by atomic mass is 10.1. The lowest BCUT2D eigenvalue weighted by molar-refractivity contribution is -0.118. The third-order valence-corrected chi connectivity index (χ3v) is 4.84. The molecule has 7 heteroatoms. The lowest BCUT2D eigenvalue weighted by Crippen LogP contribution is -2.36. The number of hydrogen-bond acceptors (Lipinski definition) is 6. The molecule has 0 unspecified atom stereocenters. The van der Waals surface area contributed by atoms with E-state index >= 15 is 0 Å². The molecule has 0 aliphatic carbocycles. The molecule has 6 nitrogen and oxygen atoms in total. The van der Waals surface area contributed by atoms with Crippen LogP contribution in [0.25, 0.3) is 0 Å². The number of ether oxygens (including phenoxy) is 1. The summed E-state index contributed by atoms with van der Waals surface area (Å²) in [7, 11) is 0. The van der Waals surface area contributed by atoms with E-state index in [4.69, 9.17) is 4.74 Å². The zero-order valence-electron chi connectivity index (χ0n) is 14.1. The summed E-state index contributed by atoms with van der Waals surface area (Å²) < 4.78 is 5.40. The van der Waals surface area contributed by atoms with Gasteiger partial charge in [0.15, 0.2) is 5.16 Å². The fourth-order valence-electron chi connectivity index (χ4n) is 2.62. The van der Waals surface area contributed by atoms with Crippen molar-refractivity contribution in [3.05, 3.63) is 53.9 Å². The van der Waals surface area contributed by atoms with E-state index in [0.717, 1.165) is 38.4 Å². The first-order valence-corrected chi connectivity index (χ1v) is 9.33. The molecule has 1 fully saturated rings. The predicted molar refractivity (Wildman–Crippen MR) is 97.1 cm³/mol. The molecule has 1 aliphatic heterocycles. The second kappa shape index (κ2) is 9.50. The van der Waals surface area contributed by atoms with Crippen LogP contribution in [0.2, 0.25) is 0 Å². The summed E-state index contributed by atoms with van der Waals surface area (Å²) >= 11 is 1.34. The molecular formula is C18H22N4O2S. The molecule has 0 saturated carbocycles. The van der Waals surface area contributed by atoms with Crippen molar-refractivity contribution in [3.63, 3.8) is 0 Å². The number of aromatic nitrogens is 2. The molecule has 1 aliphatic rings. The molecule has 0 bridgehead atoms. The van der Waals surface area contributed by atoms with Crippen LogP contribution in [0.4, 0.5) is 0 Å². The highest BCUT2D eigenvalue weighted by molar-refractivity contribution is 7.99. The Bertz CT molecular complexity index is 678. The van der Waals surface area contributed by atoms with Crippen LogP contribution < -0.4 is 5.32 Å². The summed E-state index contributed by atoms with van der Waals surface area (Å²) in [6.07, 6.45) is 3.35. The summed E-state index contributed by atoms with van der Waals surface area (Å²) in [5.41, 5.74) is 2.41. The topological polar surface area (TPSA) is 67.4 Å². The van der Waals surface area contributed by atoms with Crippen molar-refractivity contribution in [2.45, 2.75) is 18.2 Å². The van der Waals surface area contributed by atoms with Crippen molar-refractivity contribution in [2.75, 3.05) is 32.1 Å². The number of rotatable bonds is 7. The summed E-state index contributed by atoms with van der Waals surface area (Å²) in [6.45, 7) is 4.91. The van der Waals surface area contributed by atoms with Crippen LogP contribution in [-0.4, -0.2) is 52.8 Å². The van der Waals surface area contributed by atoms with Gasteiger partial charge in [-0.15, -0.1) is 0 Å². The van der Waals surface area contributed by atoms with E-state index in [1.54, 1.807) is 18.5 Å². The van der Waals surface area contributed by atoms with E-state index < -0.39 is 0 Å². The van der Waals surface area contributed by atoms with Gasteiger partial charge >= 0.3 is 0 Å². The standard InChI is InChI=1S/C18H22N4O2S/c23-17(14-25-18-19-6-3-7-20-18)21-12-15-4-1-2-5-16(15)13-22-8-10-24-11-9-22/h1-7H,8-14H2,(H,21,23). The maximum Gasteiger partial charge on any atom is 0.230 e. The molecule has 2 aromatic rings. The largest absolute Gasteiger partial charge is 0.379 e. The number of nitrogens with one attached hydrogen (secondary N) is 1. The molecule has 3 rings (SSSR count). The van der Waals surface area contributed by atoms with Crippen LogP contribution >= 0.6 is 11.8 Å². The monoisotopic (exact) mass is 358 g/mol. The third-order valence-electron chi connectivity index (χ3n) is 3.97. The van der Waals surface area contributed by atoms with E-state index in [2.05, 4.69) is 32.3 Å². The lowest BCUT2D eigenvalue weighted by Gasteiger charge is -2.27. The molecule has 1 saturated heterocycles. The molecule has 132 valence electrons. The van der Waals surface area contributed by atoms with E-state index in [-0.39, 0.29) is 5.91 Å². The normalized spacial score (nSPS) is 15.0. The molecule has 2 heterocycles. The van der Waals surface area contributed by atoms with Crippen LogP contribution in [0, 0.1) is 0 Å². The van der Waals surface area contributed by atoms with Crippen molar-refractivity contribution < 1.29 is 9.53 Å². The van der Waals surface area contributed by atoms with E-state index in [9.17, 15) is 4.79 Å². The van der Waals surface area contributed by atoms with Crippen molar-refractivity contribution in [2.24, 2.45) is 0 Å². The Morgan fingerprint density at radius 3 is 2.60 bits per heavy atom. The second-order valence-corrected chi connectivity index (χ2v) is 6.70. The third kappa shape index (κ3) is 5.81. The highest BCUT2D eigenvalue weighted by Crippen LogP contribution is 2.14. The number of nitrogens with zero attached hydrogens (tertiary/aromatic N) is 3. The fraction of sp³-hybridized carbons (Fsp3) is 0.389. The number of thioether (sulfide) groups is 1. The number of benzene rings is 1. The van der Waals surface area contributed by atoms with Gasteiger partial charge in [-0.3, -0.25) is 9.69 Å². The van der Waals surface area contributed by atoms with Crippen molar-refractivity contribution in [3.8, 4) is 0 Å². The molecule has 0 radical (unpaired) electrons. The molecule has 0 spiro atoms. The minimum absolute atomic E-state index is 0.0152. The zero-order chi connectivity index (χ0) is 17.3. The second-order valence-electron chi connectivity index (χ2n) is 5.75. The number of carbonyl (C=O) groups is 1. The molecule has 1 amide bonds. The summed E-state index contributed by atoms with van der Waals surface area (Å²) in [5.74, 6) is 0.300. The average molecular weight is 358 g/mol. The zero-order valence-corrected chi connectivity index (χ0v) is 14.9. The van der Waals surface area contributed by atoms with E-state index in [1.807, 2.05) is 12.1 Å². The molecule has 1 aromatic heterocycles. The van der Waals surface area contributed by atoms with Crippen molar-refractivity contribution in [1.82, 2.24) is 20.2 Å². The Morgan fingerprint density at radius 1 is 1.12 bits per heavy atom. The minimum Gasteiger partial charge on any atom is -0.379 e. The Hall–Kier alpha value is -1.96. The highest BCUT2D eigenvalue weighted by atomic mass is 32.2. The van der Waals surface area contributed by atoms with Gasteiger partial charge in [0.2, 0.25) is 5.91 Å². The number of carbonyl (C=O) groups excluding carboxylic acids is 1.